The first-order chi connectivity index (χ1) is 15.9. The fourth-order valence-corrected chi connectivity index (χ4v) is 4.43. The molecule has 4 amide bonds. The highest BCUT2D eigenvalue weighted by molar-refractivity contribution is 7.89. The molecule has 0 unspecified atom stereocenters. The maximum atomic E-state index is 12.7. The van der Waals surface area contributed by atoms with E-state index in [1.54, 1.807) is 0 Å². The highest BCUT2D eigenvalue weighted by atomic mass is 32.2. The number of hydrogen-bond donors (Lipinski definition) is 4. The zero-order valence-corrected chi connectivity index (χ0v) is 18.6. The van der Waals surface area contributed by atoms with Crippen molar-refractivity contribution >= 4 is 27.9 Å². The summed E-state index contributed by atoms with van der Waals surface area (Å²) in [5.74, 6) is -1.36. The SMILES string of the molecule is O=C(CNC(=O)NCc1ccccc1)NNC(=O)c1cccc(S(=O)(=O)N2CCOCC2)c1. The van der Waals surface area contributed by atoms with E-state index < -0.39 is 27.9 Å². The molecule has 0 atom stereocenters. The van der Waals surface area contributed by atoms with E-state index in [1.165, 1.54) is 28.6 Å². The summed E-state index contributed by atoms with van der Waals surface area (Å²) in [6, 6.07) is 14.2. The summed E-state index contributed by atoms with van der Waals surface area (Å²) in [5.41, 5.74) is 5.33. The number of nitrogens with zero attached hydrogens (tertiary/aromatic N) is 1. The molecule has 176 valence electrons. The maximum Gasteiger partial charge on any atom is 0.315 e. The van der Waals surface area contributed by atoms with Crippen LogP contribution in [0.1, 0.15) is 15.9 Å². The number of hydrazine groups is 1. The van der Waals surface area contributed by atoms with Crippen LogP contribution in [-0.2, 0) is 26.1 Å². The average molecular weight is 476 g/mol. The molecule has 2 aromatic carbocycles. The molecular formula is C21H25N5O6S. The summed E-state index contributed by atoms with van der Waals surface area (Å²) in [4.78, 5) is 36.0. The zero-order chi connectivity index (χ0) is 23.7. The Bertz CT molecular complexity index is 1090. The minimum absolute atomic E-state index is 0.0277. The van der Waals surface area contributed by atoms with Crippen molar-refractivity contribution in [3.63, 3.8) is 0 Å². The Morgan fingerprint density at radius 2 is 1.64 bits per heavy atom. The van der Waals surface area contributed by atoms with Crippen LogP contribution >= 0.6 is 0 Å². The van der Waals surface area contributed by atoms with Crippen LogP contribution in [0.4, 0.5) is 4.79 Å². The number of carbonyl (C=O) groups excluding carboxylic acids is 3. The zero-order valence-electron chi connectivity index (χ0n) is 17.7. The lowest BCUT2D eigenvalue weighted by atomic mass is 10.2. The number of urea groups is 1. The maximum absolute atomic E-state index is 12.7. The minimum Gasteiger partial charge on any atom is -0.379 e. The predicted octanol–water partition coefficient (Wildman–Crippen LogP) is -0.0321. The van der Waals surface area contributed by atoms with Gasteiger partial charge in [-0.25, -0.2) is 13.2 Å². The standard InChI is InChI=1S/C21H25N5O6S/c27-19(15-23-21(29)22-14-16-5-2-1-3-6-16)24-25-20(28)17-7-4-8-18(13-17)33(30,31)26-9-11-32-12-10-26/h1-8,13H,9-12,14-15H2,(H,24,27)(H,25,28)(H2,22,23,29). The largest absolute Gasteiger partial charge is 0.379 e. The van der Waals surface area contributed by atoms with Crippen LogP contribution in [0.5, 0.6) is 0 Å². The lowest BCUT2D eigenvalue weighted by Gasteiger charge is -2.26. The number of rotatable bonds is 7. The molecule has 0 bridgehead atoms. The molecule has 11 nitrogen and oxygen atoms in total. The van der Waals surface area contributed by atoms with E-state index in [-0.39, 0.29) is 30.1 Å². The Labute approximate surface area is 191 Å². The van der Waals surface area contributed by atoms with E-state index in [2.05, 4.69) is 21.5 Å². The van der Waals surface area contributed by atoms with Crippen LogP contribution in [-0.4, -0.2) is 63.4 Å². The molecule has 1 saturated heterocycles. The first-order valence-corrected chi connectivity index (χ1v) is 11.6. The minimum atomic E-state index is -3.76. The quantitative estimate of drug-likeness (QED) is 0.414. The molecule has 1 heterocycles. The average Bonchev–Trinajstić information content (AvgIpc) is 2.86. The number of sulfonamides is 1. The van der Waals surface area contributed by atoms with Gasteiger partial charge in [0.1, 0.15) is 6.54 Å². The summed E-state index contributed by atoms with van der Waals surface area (Å²) >= 11 is 0. The summed E-state index contributed by atoms with van der Waals surface area (Å²) in [7, 11) is -3.76. The third-order valence-corrected chi connectivity index (χ3v) is 6.62. The van der Waals surface area contributed by atoms with Crippen molar-refractivity contribution in [3.05, 3.63) is 65.7 Å². The molecule has 33 heavy (non-hydrogen) atoms. The van der Waals surface area contributed by atoms with E-state index >= 15 is 0 Å². The summed E-state index contributed by atoms with van der Waals surface area (Å²) in [6.07, 6.45) is 0. The van der Waals surface area contributed by atoms with Crippen LogP contribution < -0.4 is 21.5 Å². The van der Waals surface area contributed by atoms with Crippen LogP contribution in [0.15, 0.2) is 59.5 Å². The third-order valence-electron chi connectivity index (χ3n) is 4.72. The van der Waals surface area contributed by atoms with Gasteiger partial charge in [0, 0.05) is 25.2 Å². The first kappa shape index (κ1) is 24.2. The fraction of sp³-hybridized carbons (Fsp3) is 0.286. The van der Waals surface area contributed by atoms with Gasteiger partial charge in [-0.1, -0.05) is 36.4 Å². The van der Waals surface area contributed by atoms with Gasteiger partial charge in [0.2, 0.25) is 10.0 Å². The Morgan fingerprint density at radius 1 is 0.909 bits per heavy atom. The smallest absolute Gasteiger partial charge is 0.315 e. The lowest BCUT2D eigenvalue weighted by Crippen LogP contribution is -2.48. The van der Waals surface area contributed by atoms with Crippen molar-refractivity contribution in [2.75, 3.05) is 32.8 Å². The van der Waals surface area contributed by atoms with Crippen molar-refractivity contribution in [3.8, 4) is 0 Å². The molecule has 0 aromatic heterocycles. The third kappa shape index (κ3) is 7.00. The number of morpholine rings is 1. The number of benzene rings is 2. The number of amides is 4. The van der Waals surface area contributed by atoms with Crippen molar-refractivity contribution < 1.29 is 27.5 Å². The van der Waals surface area contributed by atoms with Gasteiger partial charge in [0.25, 0.3) is 11.8 Å². The first-order valence-electron chi connectivity index (χ1n) is 10.2. The lowest BCUT2D eigenvalue weighted by molar-refractivity contribution is -0.120. The van der Waals surface area contributed by atoms with E-state index in [9.17, 15) is 22.8 Å². The van der Waals surface area contributed by atoms with Crippen molar-refractivity contribution in [2.45, 2.75) is 11.4 Å². The molecule has 0 aliphatic carbocycles. The Balaban J connectivity index is 1.45. The number of ether oxygens (including phenoxy) is 1. The van der Waals surface area contributed by atoms with E-state index in [0.717, 1.165) is 5.56 Å². The molecule has 1 aliphatic rings. The van der Waals surface area contributed by atoms with Crippen LogP contribution in [0.3, 0.4) is 0 Å². The number of carbonyl (C=O) groups is 3. The van der Waals surface area contributed by atoms with E-state index in [4.69, 9.17) is 4.74 Å². The van der Waals surface area contributed by atoms with E-state index in [0.29, 0.717) is 19.8 Å². The molecule has 0 saturated carbocycles. The molecule has 0 radical (unpaired) electrons. The molecule has 12 heteroatoms. The van der Waals surface area contributed by atoms with Gasteiger partial charge in [0.05, 0.1) is 18.1 Å². The van der Waals surface area contributed by atoms with Crippen molar-refractivity contribution in [2.24, 2.45) is 0 Å². The van der Waals surface area contributed by atoms with Gasteiger partial charge >= 0.3 is 6.03 Å². The van der Waals surface area contributed by atoms with Gasteiger partial charge in [0.15, 0.2) is 0 Å². The Hall–Kier alpha value is -3.48. The second kappa shape index (κ2) is 11.4. The second-order valence-corrected chi connectivity index (χ2v) is 9.01. The Morgan fingerprint density at radius 3 is 2.36 bits per heavy atom. The van der Waals surface area contributed by atoms with Crippen molar-refractivity contribution in [1.82, 2.24) is 25.8 Å². The summed E-state index contributed by atoms with van der Waals surface area (Å²) in [6.45, 7) is 1.02. The van der Waals surface area contributed by atoms with E-state index in [1.807, 2.05) is 30.3 Å². The molecule has 1 fully saturated rings. The number of hydrogen-bond acceptors (Lipinski definition) is 6. The van der Waals surface area contributed by atoms with Crippen LogP contribution in [0, 0.1) is 0 Å². The number of nitrogens with one attached hydrogen (secondary N) is 4. The fourth-order valence-electron chi connectivity index (χ4n) is 2.98. The van der Waals surface area contributed by atoms with Gasteiger partial charge in [-0.2, -0.15) is 4.31 Å². The highest BCUT2D eigenvalue weighted by Crippen LogP contribution is 2.18. The topological polar surface area (TPSA) is 146 Å². The van der Waals surface area contributed by atoms with Crippen LogP contribution in [0.25, 0.3) is 0 Å². The highest BCUT2D eigenvalue weighted by Gasteiger charge is 2.26. The van der Waals surface area contributed by atoms with Gasteiger partial charge in [-0.15, -0.1) is 0 Å². The van der Waals surface area contributed by atoms with Gasteiger partial charge < -0.3 is 15.4 Å². The molecule has 0 spiro atoms. The summed E-state index contributed by atoms with van der Waals surface area (Å²) < 4.78 is 32.0. The molecule has 2 aromatic rings. The predicted molar refractivity (Wildman–Crippen MR) is 118 cm³/mol. The van der Waals surface area contributed by atoms with Gasteiger partial charge in [-0.3, -0.25) is 20.4 Å². The second-order valence-electron chi connectivity index (χ2n) is 7.07. The molecular weight excluding hydrogens is 450 g/mol. The monoisotopic (exact) mass is 475 g/mol. The molecule has 4 N–H and O–H groups in total. The van der Waals surface area contributed by atoms with Gasteiger partial charge in [-0.05, 0) is 23.8 Å². The molecule has 1 aliphatic heterocycles. The van der Waals surface area contributed by atoms with Crippen molar-refractivity contribution in [1.29, 1.82) is 0 Å². The van der Waals surface area contributed by atoms with Crippen LogP contribution in [0.2, 0.25) is 0 Å². The summed E-state index contributed by atoms with van der Waals surface area (Å²) in [5, 5.41) is 4.98. The normalized spacial score (nSPS) is 14.2. The Kier molecular flexibility index (Phi) is 8.35. The molecule has 3 rings (SSSR count).